The largest absolute Gasteiger partial charge is 0.494 e. The molecule has 0 aliphatic carbocycles. The van der Waals surface area contributed by atoms with Crippen molar-refractivity contribution >= 4 is 23.5 Å². The molecule has 3 amide bonds. The van der Waals surface area contributed by atoms with E-state index in [1.807, 2.05) is 71.0 Å². The average Bonchev–Trinajstić information content (AvgIpc) is 2.69. The third-order valence-electron chi connectivity index (χ3n) is 4.96. The van der Waals surface area contributed by atoms with E-state index >= 15 is 0 Å². The van der Waals surface area contributed by atoms with Crippen LogP contribution in [0, 0.1) is 6.92 Å². The summed E-state index contributed by atoms with van der Waals surface area (Å²) in [5, 5.41) is 5.77. The van der Waals surface area contributed by atoms with Gasteiger partial charge in [0, 0.05) is 30.0 Å². The molecule has 0 fully saturated rings. The van der Waals surface area contributed by atoms with Crippen LogP contribution >= 0.6 is 0 Å². The molecule has 31 heavy (non-hydrogen) atoms. The monoisotopic (exact) mass is 425 g/mol. The Kier molecular flexibility index (Phi) is 6.73. The van der Waals surface area contributed by atoms with Gasteiger partial charge in [0.1, 0.15) is 11.4 Å². The third kappa shape index (κ3) is 5.90. The van der Waals surface area contributed by atoms with Gasteiger partial charge in [-0.25, -0.2) is 9.59 Å². The number of carbonyl (C=O) groups excluding carboxylic acids is 2. The fourth-order valence-corrected chi connectivity index (χ4v) is 3.46. The fourth-order valence-electron chi connectivity index (χ4n) is 3.46. The number of rotatable bonds is 4. The lowest BCUT2D eigenvalue weighted by atomic mass is 9.99. The summed E-state index contributed by atoms with van der Waals surface area (Å²) in [5.74, 6) is 0.753. The standard InChI is InChI=1S/C24H31N3O4/c1-6-30-21-9-7-8-20(16(21)2)26-22(28)25-19-11-10-18-15-27(13-12-17(18)14-19)23(29)31-24(3,4)5/h7-11,14H,6,12-13,15H2,1-5H3,(H2,25,26,28). The number of hydrogen-bond donors (Lipinski definition) is 2. The number of ether oxygens (including phenoxy) is 2. The Morgan fingerprint density at radius 2 is 1.87 bits per heavy atom. The smallest absolute Gasteiger partial charge is 0.410 e. The van der Waals surface area contributed by atoms with Crippen LogP contribution in [0.4, 0.5) is 21.0 Å². The molecule has 0 bridgehead atoms. The van der Waals surface area contributed by atoms with E-state index < -0.39 is 5.60 Å². The molecule has 0 spiro atoms. The lowest BCUT2D eigenvalue weighted by Gasteiger charge is -2.31. The van der Waals surface area contributed by atoms with Crippen LogP contribution in [-0.4, -0.2) is 35.8 Å². The summed E-state index contributed by atoms with van der Waals surface area (Å²) in [6.45, 7) is 11.1. The van der Waals surface area contributed by atoms with Gasteiger partial charge in [-0.3, -0.25) is 0 Å². The minimum absolute atomic E-state index is 0.301. The molecule has 2 N–H and O–H groups in total. The molecular formula is C24H31N3O4. The van der Waals surface area contributed by atoms with E-state index in [0.29, 0.717) is 37.5 Å². The van der Waals surface area contributed by atoms with Gasteiger partial charge < -0.3 is 25.0 Å². The predicted octanol–water partition coefficient (Wildman–Crippen LogP) is 5.33. The van der Waals surface area contributed by atoms with E-state index in [-0.39, 0.29) is 12.1 Å². The van der Waals surface area contributed by atoms with Gasteiger partial charge in [0.15, 0.2) is 0 Å². The number of nitrogens with zero attached hydrogens (tertiary/aromatic N) is 1. The number of carbonyl (C=O) groups is 2. The normalized spacial score (nSPS) is 13.3. The molecule has 0 saturated carbocycles. The van der Waals surface area contributed by atoms with Crippen molar-refractivity contribution in [1.82, 2.24) is 4.90 Å². The second-order valence-corrected chi connectivity index (χ2v) is 8.58. The van der Waals surface area contributed by atoms with Gasteiger partial charge in [-0.15, -0.1) is 0 Å². The Labute approximate surface area is 183 Å². The Morgan fingerprint density at radius 1 is 1.10 bits per heavy atom. The molecule has 0 aromatic heterocycles. The molecule has 7 heteroatoms. The third-order valence-corrected chi connectivity index (χ3v) is 4.96. The van der Waals surface area contributed by atoms with Crippen molar-refractivity contribution in [2.75, 3.05) is 23.8 Å². The topological polar surface area (TPSA) is 79.9 Å². The SMILES string of the molecule is CCOc1cccc(NC(=O)Nc2ccc3c(c2)CCN(C(=O)OC(C)(C)C)C3)c1C. The number of benzene rings is 2. The van der Waals surface area contributed by atoms with Gasteiger partial charge in [-0.05, 0) is 76.4 Å². The van der Waals surface area contributed by atoms with Crippen LogP contribution in [0.3, 0.4) is 0 Å². The van der Waals surface area contributed by atoms with Crippen LogP contribution in [-0.2, 0) is 17.7 Å². The second-order valence-electron chi connectivity index (χ2n) is 8.58. The quantitative estimate of drug-likeness (QED) is 0.694. The predicted molar refractivity (Wildman–Crippen MR) is 122 cm³/mol. The van der Waals surface area contributed by atoms with E-state index in [0.717, 1.165) is 22.4 Å². The highest BCUT2D eigenvalue weighted by Crippen LogP contribution is 2.27. The van der Waals surface area contributed by atoms with Crippen molar-refractivity contribution < 1.29 is 19.1 Å². The molecule has 2 aromatic carbocycles. The second kappa shape index (κ2) is 9.29. The number of amides is 3. The summed E-state index contributed by atoms with van der Waals surface area (Å²) < 4.78 is 11.1. The molecule has 1 aliphatic rings. The highest BCUT2D eigenvalue weighted by molar-refractivity contribution is 6.00. The van der Waals surface area contributed by atoms with Gasteiger partial charge in [-0.1, -0.05) is 12.1 Å². The summed E-state index contributed by atoms with van der Waals surface area (Å²) in [5.41, 5.74) is 3.96. The number of hydrogen-bond acceptors (Lipinski definition) is 4. The van der Waals surface area contributed by atoms with Crippen LogP contribution in [0.2, 0.25) is 0 Å². The van der Waals surface area contributed by atoms with Crippen molar-refractivity contribution in [3.63, 3.8) is 0 Å². The number of fused-ring (bicyclic) bond motifs is 1. The first-order chi connectivity index (χ1) is 14.7. The lowest BCUT2D eigenvalue weighted by molar-refractivity contribution is 0.0224. The van der Waals surface area contributed by atoms with Crippen molar-refractivity contribution in [3.8, 4) is 5.75 Å². The zero-order chi connectivity index (χ0) is 22.6. The Bertz CT molecular complexity index is 966. The summed E-state index contributed by atoms with van der Waals surface area (Å²) in [6.07, 6.45) is 0.408. The molecule has 3 rings (SSSR count). The maximum atomic E-state index is 12.5. The van der Waals surface area contributed by atoms with E-state index in [2.05, 4.69) is 10.6 Å². The molecule has 0 unspecified atom stereocenters. The molecule has 0 radical (unpaired) electrons. The van der Waals surface area contributed by atoms with Gasteiger partial charge in [-0.2, -0.15) is 0 Å². The van der Waals surface area contributed by atoms with Crippen molar-refractivity contribution in [2.24, 2.45) is 0 Å². The molecule has 2 aromatic rings. The minimum Gasteiger partial charge on any atom is -0.494 e. The van der Waals surface area contributed by atoms with Crippen LogP contribution in [0.5, 0.6) is 5.75 Å². The lowest BCUT2D eigenvalue weighted by Crippen LogP contribution is -2.39. The van der Waals surface area contributed by atoms with Crippen LogP contribution < -0.4 is 15.4 Å². The molecular weight excluding hydrogens is 394 g/mol. The highest BCUT2D eigenvalue weighted by Gasteiger charge is 2.25. The van der Waals surface area contributed by atoms with E-state index in [1.165, 1.54) is 0 Å². The maximum Gasteiger partial charge on any atom is 0.410 e. The van der Waals surface area contributed by atoms with Crippen LogP contribution in [0.15, 0.2) is 36.4 Å². The fraction of sp³-hybridized carbons (Fsp3) is 0.417. The van der Waals surface area contributed by atoms with E-state index in [9.17, 15) is 9.59 Å². The Hall–Kier alpha value is -3.22. The maximum absolute atomic E-state index is 12.5. The van der Waals surface area contributed by atoms with Gasteiger partial charge in [0.25, 0.3) is 0 Å². The average molecular weight is 426 g/mol. The van der Waals surface area contributed by atoms with Gasteiger partial charge >= 0.3 is 12.1 Å². The molecule has 7 nitrogen and oxygen atoms in total. The summed E-state index contributed by atoms with van der Waals surface area (Å²) in [4.78, 5) is 26.6. The van der Waals surface area contributed by atoms with Gasteiger partial charge in [0.05, 0.1) is 6.61 Å². The Morgan fingerprint density at radius 3 is 2.58 bits per heavy atom. The van der Waals surface area contributed by atoms with Crippen molar-refractivity contribution in [2.45, 2.75) is 53.2 Å². The molecule has 166 valence electrons. The van der Waals surface area contributed by atoms with Crippen molar-refractivity contribution in [3.05, 3.63) is 53.1 Å². The van der Waals surface area contributed by atoms with Gasteiger partial charge in [0.2, 0.25) is 0 Å². The van der Waals surface area contributed by atoms with E-state index in [1.54, 1.807) is 4.90 Å². The van der Waals surface area contributed by atoms with E-state index in [4.69, 9.17) is 9.47 Å². The highest BCUT2D eigenvalue weighted by atomic mass is 16.6. The van der Waals surface area contributed by atoms with Crippen LogP contribution in [0.1, 0.15) is 44.4 Å². The number of anilines is 2. The summed E-state index contributed by atoms with van der Waals surface area (Å²) in [7, 11) is 0. The van der Waals surface area contributed by atoms with Crippen molar-refractivity contribution in [1.29, 1.82) is 0 Å². The summed E-state index contributed by atoms with van der Waals surface area (Å²) in [6, 6.07) is 11.0. The zero-order valence-corrected chi connectivity index (χ0v) is 18.9. The minimum atomic E-state index is -0.515. The Balaban J connectivity index is 1.63. The molecule has 0 saturated heterocycles. The number of urea groups is 1. The van der Waals surface area contributed by atoms with Crippen LogP contribution in [0.25, 0.3) is 0 Å². The molecule has 1 heterocycles. The first-order valence-electron chi connectivity index (χ1n) is 10.6. The zero-order valence-electron chi connectivity index (χ0n) is 18.9. The molecule has 1 aliphatic heterocycles. The first-order valence-corrected chi connectivity index (χ1v) is 10.6. The molecule has 0 atom stereocenters. The number of nitrogens with one attached hydrogen (secondary N) is 2. The first kappa shape index (κ1) is 22.5. The summed E-state index contributed by atoms with van der Waals surface area (Å²) >= 11 is 0.